The Labute approximate surface area is 356 Å². The van der Waals surface area contributed by atoms with Crippen molar-refractivity contribution in [1.29, 1.82) is 0 Å². The number of hydrogen-bond donors (Lipinski definition) is 0. The molecule has 0 amide bonds. The van der Waals surface area contributed by atoms with Crippen molar-refractivity contribution in [3.8, 4) is 33.4 Å². The van der Waals surface area contributed by atoms with Crippen LogP contribution in [0.2, 0.25) is 19.6 Å². The molecule has 2 heteroatoms. The van der Waals surface area contributed by atoms with Crippen molar-refractivity contribution in [2.45, 2.75) is 38.9 Å². The Morgan fingerprint density at radius 2 is 0.767 bits per heavy atom. The van der Waals surface area contributed by atoms with Crippen LogP contribution >= 0.6 is 0 Å². The summed E-state index contributed by atoms with van der Waals surface area (Å²) >= 11 is 0. The maximum atomic E-state index is 2.49. The van der Waals surface area contributed by atoms with E-state index < -0.39 is 16.1 Å². The summed E-state index contributed by atoms with van der Waals surface area (Å²) in [5.41, 5.74) is 10.5. The molecule has 0 N–H and O–H groups in total. The molecule has 0 fully saturated rings. The normalized spacial score (nSPS) is 13.6. The Morgan fingerprint density at radius 1 is 0.350 bits per heavy atom. The SMILES string of the molecule is CC1(C)c2cc(-c3ccc([Si](c4ccccc4)(c4ccccc4)c4ccccc4)cc3)ccc2-c2ccc(-c3ccc4ccc5c([Si](C)(C)C)ccc6ccc3c4c65)cc21. The van der Waals surface area contributed by atoms with Crippen LogP contribution in [-0.2, 0) is 5.41 Å². The smallest absolute Gasteiger partial charge is 0.0656 e. The third kappa shape index (κ3) is 5.48. The predicted octanol–water partition coefficient (Wildman–Crippen LogP) is 12.1. The Hall–Kier alpha value is -6.33. The van der Waals surface area contributed by atoms with Crippen molar-refractivity contribution in [2.75, 3.05) is 0 Å². The molecule has 0 bridgehead atoms. The van der Waals surface area contributed by atoms with Crippen LogP contribution in [0.4, 0.5) is 0 Å². The number of fused-ring (bicyclic) bond motifs is 3. The van der Waals surface area contributed by atoms with Crippen LogP contribution < -0.4 is 25.9 Å². The summed E-state index contributed by atoms with van der Waals surface area (Å²) in [5.74, 6) is 0. The van der Waals surface area contributed by atoms with Gasteiger partial charge in [0.2, 0.25) is 0 Å². The van der Waals surface area contributed by atoms with E-state index in [0.29, 0.717) is 0 Å². The van der Waals surface area contributed by atoms with Gasteiger partial charge in [0.1, 0.15) is 0 Å². The first kappa shape index (κ1) is 36.7. The second-order valence-electron chi connectivity index (χ2n) is 18.5. The Kier molecular flexibility index (Phi) is 8.33. The van der Waals surface area contributed by atoms with Gasteiger partial charge in [-0.3, -0.25) is 0 Å². The van der Waals surface area contributed by atoms with Crippen LogP contribution in [0.3, 0.4) is 0 Å². The van der Waals surface area contributed by atoms with E-state index in [1.165, 1.54) is 97.6 Å². The lowest BCUT2D eigenvalue weighted by Crippen LogP contribution is -2.74. The minimum atomic E-state index is -2.59. The maximum absolute atomic E-state index is 2.59. The van der Waals surface area contributed by atoms with Crippen molar-refractivity contribution in [1.82, 2.24) is 0 Å². The molecule has 288 valence electrons. The van der Waals surface area contributed by atoms with E-state index >= 15 is 0 Å². The van der Waals surface area contributed by atoms with Gasteiger partial charge in [0.25, 0.3) is 0 Å². The zero-order valence-corrected chi connectivity index (χ0v) is 37.1. The second-order valence-corrected chi connectivity index (χ2v) is 27.3. The fourth-order valence-corrected chi connectivity index (χ4v) is 17.1. The van der Waals surface area contributed by atoms with Gasteiger partial charge in [0.05, 0.1) is 8.07 Å². The van der Waals surface area contributed by atoms with Crippen molar-refractivity contribution >= 4 is 74.4 Å². The van der Waals surface area contributed by atoms with E-state index in [0.717, 1.165) is 0 Å². The van der Waals surface area contributed by atoms with E-state index in [-0.39, 0.29) is 5.41 Å². The van der Waals surface area contributed by atoms with Crippen LogP contribution in [-0.4, -0.2) is 16.1 Å². The van der Waals surface area contributed by atoms with Gasteiger partial charge < -0.3 is 0 Å². The summed E-state index contributed by atoms with van der Waals surface area (Å²) < 4.78 is 0. The highest BCUT2D eigenvalue weighted by atomic mass is 28.3. The van der Waals surface area contributed by atoms with Crippen LogP contribution in [0.5, 0.6) is 0 Å². The third-order valence-corrected chi connectivity index (χ3v) is 20.6. The van der Waals surface area contributed by atoms with Gasteiger partial charge in [0, 0.05) is 5.41 Å². The molecule has 0 radical (unpaired) electrons. The van der Waals surface area contributed by atoms with Gasteiger partial charge in [-0.05, 0) is 110 Å². The van der Waals surface area contributed by atoms with Gasteiger partial charge in [-0.25, -0.2) is 0 Å². The highest BCUT2D eigenvalue weighted by molar-refractivity contribution is 7.19. The molecule has 0 nitrogen and oxygen atoms in total. The number of rotatable bonds is 7. The monoisotopic (exact) mass is 800 g/mol. The van der Waals surface area contributed by atoms with Crippen molar-refractivity contribution in [3.05, 3.63) is 211 Å². The van der Waals surface area contributed by atoms with Crippen LogP contribution in [0.1, 0.15) is 25.0 Å². The molecule has 1 aliphatic rings. The zero-order valence-electron chi connectivity index (χ0n) is 35.1. The minimum Gasteiger partial charge on any atom is -0.0656 e. The van der Waals surface area contributed by atoms with Gasteiger partial charge >= 0.3 is 0 Å². The Bertz CT molecular complexity index is 3130. The summed E-state index contributed by atoms with van der Waals surface area (Å²) in [6, 6.07) is 76.4. The fraction of sp³-hybridized carbons (Fsp3) is 0.103. The van der Waals surface area contributed by atoms with Crippen LogP contribution in [0.25, 0.3) is 65.7 Å². The second kappa shape index (κ2) is 13.6. The van der Waals surface area contributed by atoms with Crippen molar-refractivity contribution < 1.29 is 0 Å². The molecule has 0 saturated carbocycles. The first-order chi connectivity index (χ1) is 29.1. The van der Waals surface area contributed by atoms with Crippen LogP contribution in [0, 0.1) is 0 Å². The molecule has 0 saturated heterocycles. The zero-order chi connectivity index (χ0) is 40.8. The summed E-state index contributed by atoms with van der Waals surface area (Å²) in [6.07, 6.45) is 0. The topological polar surface area (TPSA) is 0 Å². The molecule has 0 heterocycles. The molecular weight excluding hydrogens is 753 g/mol. The molecular formula is C58H48Si2. The largest absolute Gasteiger partial charge is 0.179 e. The molecule has 10 aromatic carbocycles. The van der Waals surface area contributed by atoms with E-state index in [9.17, 15) is 0 Å². The number of hydrogen-bond acceptors (Lipinski definition) is 0. The standard InChI is InChI=1S/C58H48Si2/c1-58(2)53-37-42(39-21-29-47(30-22-39)60(44-15-9-6-10-16-44,45-17-11-7-12-18-45)46-19-13-8-14-20-46)26-32-49(53)50-33-27-43(38-54(50)58)48-31-23-40-25-35-52-55(59(3,4)5)36-28-41-24-34-51(48)56(40)57(41)52/h6-38H,1-5H3. The lowest BCUT2D eigenvalue weighted by Gasteiger charge is -2.34. The molecule has 0 unspecified atom stereocenters. The lowest BCUT2D eigenvalue weighted by atomic mass is 9.80. The average Bonchev–Trinajstić information content (AvgIpc) is 3.51. The summed E-state index contributed by atoms with van der Waals surface area (Å²) in [7, 11) is -4.12. The van der Waals surface area contributed by atoms with E-state index in [1.54, 1.807) is 5.19 Å². The average molecular weight is 801 g/mol. The lowest BCUT2D eigenvalue weighted by molar-refractivity contribution is 0.661. The van der Waals surface area contributed by atoms with Crippen molar-refractivity contribution in [3.63, 3.8) is 0 Å². The molecule has 11 rings (SSSR count). The van der Waals surface area contributed by atoms with Gasteiger partial charge in [-0.15, -0.1) is 0 Å². The van der Waals surface area contributed by atoms with Gasteiger partial charge in [-0.1, -0.05) is 227 Å². The van der Waals surface area contributed by atoms with E-state index in [2.05, 4.69) is 234 Å². The highest BCUT2D eigenvalue weighted by Crippen LogP contribution is 2.51. The first-order valence-corrected chi connectivity index (χ1v) is 26.9. The molecule has 60 heavy (non-hydrogen) atoms. The van der Waals surface area contributed by atoms with E-state index in [4.69, 9.17) is 0 Å². The fourth-order valence-electron chi connectivity index (χ4n) is 10.8. The minimum absolute atomic E-state index is 0.150. The summed E-state index contributed by atoms with van der Waals surface area (Å²) in [5, 5.41) is 15.4. The maximum Gasteiger partial charge on any atom is 0.179 e. The summed E-state index contributed by atoms with van der Waals surface area (Å²) in [4.78, 5) is 0. The summed E-state index contributed by atoms with van der Waals surface area (Å²) in [6.45, 7) is 12.2. The Morgan fingerprint density at radius 3 is 1.32 bits per heavy atom. The first-order valence-electron chi connectivity index (χ1n) is 21.4. The van der Waals surface area contributed by atoms with Gasteiger partial charge in [-0.2, -0.15) is 0 Å². The van der Waals surface area contributed by atoms with Crippen molar-refractivity contribution in [2.24, 2.45) is 0 Å². The predicted molar refractivity (Wildman–Crippen MR) is 265 cm³/mol. The molecule has 0 atom stereocenters. The highest BCUT2D eigenvalue weighted by Gasteiger charge is 2.41. The number of benzene rings is 10. The molecule has 1 aliphatic carbocycles. The third-order valence-electron chi connectivity index (χ3n) is 13.7. The Balaban J connectivity index is 0.988. The molecule has 10 aromatic rings. The van der Waals surface area contributed by atoms with E-state index in [1.807, 2.05) is 0 Å². The quantitative estimate of drug-likeness (QED) is 0.0856. The molecule has 0 spiro atoms. The van der Waals surface area contributed by atoms with Crippen LogP contribution in [0.15, 0.2) is 200 Å². The molecule has 0 aliphatic heterocycles. The molecule has 0 aromatic heterocycles. The van der Waals surface area contributed by atoms with Gasteiger partial charge in [0.15, 0.2) is 8.07 Å².